The summed E-state index contributed by atoms with van der Waals surface area (Å²) in [6.45, 7) is 1.05. The number of nitrogens with zero attached hydrogens (tertiary/aromatic N) is 1. The van der Waals surface area contributed by atoms with E-state index >= 15 is 0 Å². The van der Waals surface area contributed by atoms with Gasteiger partial charge in [0.05, 0.1) is 12.2 Å². The van der Waals surface area contributed by atoms with E-state index in [1.165, 1.54) is 12.1 Å². The molecule has 2 aromatic rings. The lowest BCUT2D eigenvalue weighted by atomic mass is 10.2. The van der Waals surface area contributed by atoms with E-state index in [0.717, 1.165) is 5.56 Å². The first-order valence-corrected chi connectivity index (χ1v) is 8.42. The second-order valence-electron chi connectivity index (χ2n) is 5.59. The lowest BCUT2D eigenvalue weighted by molar-refractivity contribution is -0.134. The largest absolute Gasteiger partial charge is 0.483 e. The molecule has 0 spiro atoms. The molecule has 26 heavy (non-hydrogen) atoms. The SMILES string of the molecule is COCCN(Cc1ccccc1)C(=O)COc1ccc(Cl)cc1C(N)=O. The summed E-state index contributed by atoms with van der Waals surface area (Å²) in [4.78, 5) is 25.7. The number of nitrogens with two attached hydrogens (primary N) is 1. The number of methoxy groups -OCH3 is 1. The van der Waals surface area contributed by atoms with Gasteiger partial charge >= 0.3 is 0 Å². The van der Waals surface area contributed by atoms with Gasteiger partial charge in [0.15, 0.2) is 6.61 Å². The molecule has 2 amide bonds. The minimum atomic E-state index is -0.671. The molecule has 7 heteroatoms. The number of rotatable bonds is 9. The molecule has 0 aliphatic carbocycles. The van der Waals surface area contributed by atoms with Crippen molar-refractivity contribution in [3.63, 3.8) is 0 Å². The smallest absolute Gasteiger partial charge is 0.260 e. The van der Waals surface area contributed by atoms with Crippen LogP contribution in [0.5, 0.6) is 5.75 Å². The molecule has 0 unspecified atom stereocenters. The molecule has 6 nitrogen and oxygen atoms in total. The minimum absolute atomic E-state index is 0.136. The van der Waals surface area contributed by atoms with E-state index in [2.05, 4.69) is 0 Å². The molecule has 0 aromatic heterocycles. The van der Waals surface area contributed by atoms with Crippen molar-refractivity contribution in [2.75, 3.05) is 26.9 Å². The number of ether oxygens (including phenoxy) is 2. The predicted octanol–water partition coefficient (Wildman–Crippen LogP) is 2.49. The van der Waals surface area contributed by atoms with Gasteiger partial charge in [-0.15, -0.1) is 0 Å². The number of hydrogen-bond donors (Lipinski definition) is 1. The van der Waals surface area contributed by atoms with Crippen LogP contribution in [-0.4, -0.2) is 43.6 Å². The Balaban J connectivity index is 2.06. The molecule has 0 saturated heterocycles. The lowest BCUT2D eigenvalue weighted by Crippen LogP contribution is -2.37. The van der Waals surface area contributed by atoms with Crippen molar-refractivity contribution in [2.45, 2.75) is 6.54 Å². The van der Waals surface area contributed by atoms with Gasteiger partial charge in [-0.2, -0.15) is 0 Å². The summed E-state index contributed by atoms with van der Waals surface area (Å²) < 4.78 is 10.6. The van der Waals surface area contributed by atoms with E-state index in [9.17, 15) is 9.59 Å². The highest BCUT2D eigenvalue weighted by Gasteiger charge is 2.17. The zero-order chi connectivity index (χ0) is 18.9. The van der Waals surface area contributed by atoms with Crippen LogP contribution in [-0.2, 0) is 16.1 Å². The number of amides is 2. The summed E-state index contributed by atoms with van der Waals surface area (Å²) in [7, 11) is 1.58. The van der Waals surface area contributed by atoms with E-state index < -0.39 is 5.91 Å². The number of halogens is 1. The monoisotopic (exact) mass is 376 g/mol. The summed E-state index contributed by atoms with van der Waals surface area (Å²) in [6, 6.07) is 14.1. The average molecular weight is 377 g/mol. The van der Waals surface area contributed by atoms with Crippen LogP contribution in [0.4, 0.5) is 0 Å². The van der Waals surface area contributed by atoms with Gasteiger partial charge in [-0.05, 0) is 23.8 Å². The number of hydrogen-bond acceptors (Lipinski definition) is 4. The van der Waals surface area contributed by atoms with E-state index in [1.54, 1.807) is 18.1 Å². The quantitative estimate of drug-likeness (QED) is 0.729. The highest BCUT2D eigenvalue weighted by atomic mass is 35.5. The van der Waals surface area contributed by atoms with Gasteiger partial charge in [-0.3, -0.25) is 9.59 Å². The van der Waals surface area contributed by atoms with Gasteiger partial charge in [-0.25, -0.2) is 0 Å². The van der Waals surface area contributed by atoms with Crippen LogP contribution in [0.2, 0.25) is 5.02 Å². The molecule has 0 saturated carbocycles. The first-order valence-electron chi connectivity index (χ1n) is 8.04. The lowest BCUT2D eigenvalue weighted by Gasteiger charge is -2.23. The maximum atomic E-state index is 12.6. The highest BCUT2D eigenvalue weighted by Crippen LogP contribution is 2.22. The summed E-state index contributed by atoms with van der Waals surface area (Å²) in [5.74, 6) is -0.673. The maximum Gasteiger partial charge on any atom is 0.260 e. The molecule has 138 valence electrons. The molecular formula is C19H21ClN2O4. The Labute approximate surface area is 157 Å². The van der Waals surface area contributed by atoms with E-state index in [1.807, 2.05) is 30.3 Å². The molecule has 2 rings (SSSR count). The van der Waals surface area contributed by atoms with E-state index in [0.29, 0.717) is 24.7 Å². The average Bonchev–Trinajstić information content (AvgIpc) is 2.64. The van der Waals surface area contributed by atoms with Crippen molar-refractivity contribution < 1.29 is 19.1 Å². The van der Waals surface area contributed by atoms with Gasteiger partial charge in [0.1, 0.15) is 5.75 Å². The standard InChI is InChI=1S/C19H21ClN2O4/c1-25-10-9-22(12-14-5-3-2-4-6-14)18(23)13-26-17-8-7-15(20)11-16(17)19(21)24/h2-8,11H,9-10,12-13H2,1H3,(H2,21,24). The van der Waals surface area contributed by atoms with Crippen LogP contribution in [0.25, 0.3) is 0 Å². The zero-order valence-corrected chi connectivity index (χ0v) is 15.2. The summed E-state index contributed by atoms with van der Waals surface area (Å²) in [5.41, 5.74) is 6.47. The van der Waals surface area contributed by atoms with Crippen LogP contribution in [0.15, 0.2) is 48.5 Å². The first-order chi connectivity index (χ1) is 12.5. The molecule has 0 fully saturated rings. The number of carbonyl (C=O) groups excluding carboxylic acids is 2. The van der Waals surface area contributed by atoms with Crippen molar-refractivity contribution >= 4 is 23.4 Å². The third-order valence-electron chi connectivity index (χ3n) is 3.69. The van der Waals surface area contributed by atoms with Crippen LogP contribution in [0, 0.1) is 0 Å². The normalized spacial score (nSPS) is 10.4. The van der Waals surface area contributed by atoms with Crippen LogP contribution in [0.3, 0.4) is 0 Å². The van der Waals surface area contributed by atoms with E-state index in [-0.39, 0.29) is 23.8 Å². The summed E-state index contributed by atoms with van der Waals surface area (Å²) >= 11 is 5.87. The first kappa shape index (κ1) is 19.8. The van der Waals surface area contributed by atoms with Crippen LogP contribution in [0.1, 0.15) is 15.9 Å². The number of benzene rings is 2. The fourth-order valence-electron chi connectivity index (χ4n) is 2.35. The summed E-state index contributed by atoms with van der Waals surface area (Å²) in [5, 5.41) is 0.364. The molecule has 0 bridgehead atoms. The van der Waals surface area contributed by atoms with Crippen molar-refractivity contribution in [3.05, 3.63) is 64.7 Å². The van der Waals surface area contributed by atoms with Gasteiger partial charge in [0, 0.05) is 25.2 Å². The fourth-order valence-corrected chi connectivity index (χ4v) is 2.52. The Morgan fingerprint density at radius 3 is 2.54 bits per heavy atom. The van der Waals surface area contributed by atoms with Gasteiger partial charge < -0.3 is 20.1 Å². The van der Waals surface area contributed by atoms with Crippen molar-refractivity contribution in [2.24, 2.45) is 5.73 Å². The highest BCUT2D eigenvalue weighted by molar-refractivity contribution is 6.31. The van der Waals surface area contributed by atoms with Crippen molar-refractivity contribution in [1.29, 1.82) is 0 Å². The Morgan fingerprint density at radius 2 is 1.88 bits per heavy atom. The Hall–Kier alpha value is -2.57. The molecule has 2 aromatic carbocycles. The van der Waals surface area contributed by atoms with Gasteiger partial charge in [0.25, 0.3) is 11.8 Å². The molecule has 0 aliphatic heterocycles. The molecule has 0 aliphatic rings. The van der Waals surface area contributed by atoms with Gasteiger partial charge in [0.2, 0.25) is 0 Å². The Kier molecular flexibility index (Phi) is 7.44. The number of carbonyl (C=O) groups is 2. The second-order valence-corrected chi connectivity index (χ2v) is 6.02. The van der Waals surface area contributed by atoms with Crippen molar-refractivity contribution in [3.8, 4) is 5.75 Å². The van der Waals surface area contributed by atoms with Crippen molar-refractivity contribution in [1.82, 2.24) is 4.90 Å². The summed E-state index contributed by atoms with van der Waals surface area (Å²) in [6.07, 6.45) is 0. The molecular weight excluding hydrogens is 356 g/mol. The minimum Gasteiger partial charge on any atom is -0.483 e. The van der Waals surface area contributed by atoms with Gasteiger partial charge in [-0.1, -0.05) is 41.9 Å². The van der Waals surface area contributed by atoms with E-state index in [4.69, 9.17) is 26.8 Å². The Bertz CT molecular complexity index is 752. The topological polar surface area (TPSA) is 81.9 Å². The maximum absolute atomic E-state index is 12.6. The molecule has 0 radical (unpaired) electrons. The molecule has 0 heterocycles. The Morgan fingerprint density at radius 1 is 1.15 bits per heavy atom. The fraction of sp³-hybridized carbons (Fsp3) is 0.263. The second kappa shape index (κ2) is 9.79. The molecule has 0 atom stereocenters. The van der Waals surface area contributed by atoms with Crippen LogP contribution < -0.4 is 10.5 Å². The zero-order valence-electron chi connectivity index (χ0n) is 14.5. The molecule has 2 N–H and O–H groups in total. The predicted molar refractivity (Wildman–Crippen MR) is 99.2 cm³/mol. The number of primary amides is 1. The third kappa shape index (κ3) is 5.75. The van der Waals surface area contributed by atoms with Crippen LogP contribution >= 0.6 is 11.6 Å². The third-order valence-corrected chi connectivity index (χ3v) is 3.93.